The van der Waals surface area contributed by atoms with Crippen molar-refractivity contribution in [1.82, 2.24) is 9.97 Å². The summed E-state index contributed by atoms with van der Waals surface area (Å²) in [6.07, 6.45) is 7.05. The second-order valence-electron chi connectivity index (χ2n) is 9.35. The Morgan fingerprint density at radius 1 is 1.00 bits per heavy atom. The fraction of sp³-hybridized carbons (Fsp3) is 0.250. The summed E-state index contributed by atoms with van der Waals surface area (Å²) in [5, 5.41) is 8.29. The van der Waals surface area contributed by atoms with Crippen LogP contribution in [0.4, 0.5) is 11.5 Å². The van der Waals surface area contributed by atoms with Crippen molar-refractivity contribution >= 4 is 39.9 Å². The molecule has 2 aliphatic carbocycles. The molecule has 2 heterocycles. The van der Waals surface area contributed by atoms with Gasteiger partial charge in [0.1, 0.15) is 5.82 Å². The normalized spacial score (nSPS) is 19.1. The molecule has 2 aromatic heterocycles. The van der Waals surface area contributed by atoms with E-state index in [0.717, 1.165) is 34.7 Å². The molecule has 1 amide bonds. The summed E-state index contributed by atoms with van der Waals surface area (Å²) in [7, 11) is 0. The van der Waals surface area contributed by atoms with Crippen molar-refractivity contribution in [2.75, 3.05) is 10.6 Å². The van der Waals surface area contributed by atoms with Gasteiger partial charge in [-0.1, -0.05) is 29.8 Å². The molecule has 34 heavy (non-hydrogen) atoms. The molecule has 4 aromatic rings. The molecule has 0 aliphatic heterocycles. The number of nitrogens with one attached hydrogen (secondary N) is 2. The van der Waals surface area contributed by atoms with E-state index < -0.39 is 0 Å². The van der Waals surface area contributed by atoms with E-state index in [1.54, 1.807) is 6.20 Å². The van der Waals surface area contributed by atoms with E-state index in [2.05, 4.69) is 44.9 Å². The first kappa shape index (κ1) is 21.1. The van der Waals surface area contributed by atoms with Gasteiger partial charge in [0.25, 0.3) is 0 Å². The Hall–Kier alpha value is -3.44. The lowest BCUT2D eigenvalue weighted by Crippen LogP contribution is -2.15. The van der Waals surface area contributed by atoms with Crippen LogP contribution in [0.25, 0.3) is 10.9 Å². The highest BCUT2D eigenvalue weighted by atomic mass is 35.5. The van der Waals surface area contributed by atoms with Gasteiger partial charge in [0.05, 0.1) is 5.52 Å². The highest BCUT2D eigenvalue weighted by Gasteiger charge is 2.44. The van der Waals surface area contributed by atoms with Crippen molar-refractivity contribution in [3.8, 4) is 0 Å². The minimum atomic E-state index is -0.0407. The van der Waals surface area contributed by atoms with Crippen LogP contribution in [0.5, 0.6) is 0 Å². The molecule has 0 unspecified atom stereocenters. The van der Waals surface area contributed by atoms with Gasteiger partial charge in [-0.2, -0.15) is 0 Å². The fourth-order valence-electron chi connectivity index (χ4n) is 4.59. The monoisotopic (exact) mass is 468 g/mol. The summed E-state index contributed by atoms with van der Waals surface area (Å²) in [5.41, 5.74) is 5.58. The highest BCUT2D eigenvalue weighted by molar-refractivity contribution is 6.30. The molecule has 2 N–H and O–H groups in total. The van der Waals surface area contributed by atoms with Gasteiger partial charge >= 0.3 is 0 Å². The molecule has 6 rings (SSSR count). The number of hydrogen-bond donors (Lipinski definition) is 2. The molecule has 0 radical (unpaired) electrons. The Labute approximate surface area is 203 Å². The summed E-state index contributed by atoms with van der Waals surface area (Å²) < 4.78 is 0. The summed E-state index contributed by atoms with van der Waals surface area (Å²) in [5.74, 6) is 1.47. The molecule has 5 nitrogen and oxygen atoms in total. The zero-order valence-electron chi connectivity index (χ0n) is 18.7. The average molecular weight is 469 g/mol. The number of amides is 1. The summed E-state index contributed by atoms with van der Waals surface area (Å²) >= 11 is 6.09. The van der Waals surface area contributed by atoms with Crippen LogP contribution >= 0.6 is 11.6 Å². The van der Waals surface area contributed by atoms with Gasteiger partial charge in [0, 0.05) is 47.0 Å². The fourth-order valence-corrected chi connectivity index (χ4v) is 4.78. The second kappa shape index (κ2) is 8.73. The maximum atomic E-state index is 12.7. The van der Waals surface area contributed by atoms with Gasteiger partial charge in [-0.3, -0.25) is 9.78 Å². The number of benzene rings is 2. The summed E-state index contributed by atoms with van der Waals surface area (Å²) in [6, 6.07) is 20.3. The number of pyridine rings is 2. The molecular weight excluding hydrogens is 444 g/mol. The van der Waals surface area contributed by atoms with Crippen LogP contribution in [0.3, 0.4) is 0 Å². The lowest BCUT2D eigenvalue weighted by Gasteiger charge is -2.10. The Bertz CT molecular complexity index is 1380. The maximum Gasteiger partial charge on any atom is 0.229 e. The lowest BCUT2D eigenvalue weighted by atomic mass is 10.1. The third-order valence-corrected chi connectivity index (χ3v) is 6.96. The molecule has 0 bridgehead atoms. The zero-order chi connectivity index (χ0) is 23.1. The van der Waals surface area contributed by atoms with Crippen molar-refractivity contribution < 1.29 is 4.79 Å². The molecule has 170 valence electrons. The first-order valence-corrected chi connectivity index (χ1v) is 12.1. The summed E-state index contributed by atoms with van der Waals surface area (Å²) in [4.78, 5) is 21.7. The van der Waals surface area contributed by atoms with Gasteiger partial charge in [-0.25, -0.2) is 4.98 Å². The minimum Gasteiger partial charge on any atom is -0.381 e. The molecule has 0 spiro atoms. The van der Waals surface area contributed by atoms with E-state index in [9.17, 15) is 4.79 Å². The number of carbonyl (C=O) groups is 1. The maximum absolute atomic E-state index is 12.7. The number of aromatic nitrogens is 2. The van der Waals surface area contributed by atoms with E-state index in [1.165, 1.54) is 23.8 Å². The average Bonchev–Trinajstić information content (AvgIpc) is 3.76. The van der Waals surface area contributed by atoms with Crippen LogP contribution in [0.2, 0.25) is 5.02 Å². The molecule has 2 aromatic carbocycles. The van der Waals surface area contributed by atoms with Gasteiger partial charge in [-0.05, 0) is 84.2 Å². The van der Waals surface area contributed by atoms with Gasteiger partial charge in [-0.15, -0.1) is 0 Å². The number of carbonyl (C=O) groups excluding carboxylic acids is 1. The van der Waals surface area contributed by atoms with Crippen LogP contribution < -0.4 is 10.6 Å². The van der Waals surface area contributed by atoms with Crippen LogP contribution in [-0.2, 0) is 11.3 Å². The Morgan fingerprint density at radius 2 is 1.91 bits per heavy atom. The molecule has 6 heteroatoms. The lowest BCUT2D eigenvalue weighted by molar-refractivity contribution is -0.117. The number of hydrogen-bond acceptors (Lipinski definition) is 4. The molecule has 2 aliphatic rings. The molecule has 2 saturated carbocycles. The number of rotatable bonds is 7. The Balaban J connectivity index is 1.09. The van der Waals surface area contributed by atoms with E-state index in [-0.39, 0.29) is 17.7 Å². The quantitative estimate of drug-likeness (QED) is 0.324. The van der Waals surface area contributed by atoms with Crippen molar-refractivity contribution in [2.45, 2.75) is 37.6 Å². The standard InChI is InChI=1S/C28H25ClN4O/c29-22-3-1-2-20(12-22)24-14-25(24)28(34)33-27-13-23(8-9-30-27)31-15-17-10-21-11-19(18-4-5-18)6-7-26(21)32-16-17/h1-3,6-13,16,18,24-25H,4-5,14-15H2,(H2,30,31,33,34)/t24-,25+/m1/s1. The third kappa shape index (κ3) is 4.62. The number of halogens is 1. The van der Waals surface area contributed by atoms with Crippen molar-refractivity contribution in [3.63, 3.8) is 0 Å². The number of anilines is 2. The van der Waals surface area contributed by atoms with E-state index in [1.807, 2.05) is 42.6 Å². The zero-order valence-corrected chi connectivity index (χ0v) is 19.4. The van der Waals surface area contributed by atoms with Crippen molar-refractivity contribution in [3.05, 3.63) is 94.8 Å². The predicted molar refractivity (Wildman–Crippen MR) is 136 cm³/mol. The van der Waals surface area contributed by atoms with Gasteiger partial charge in [0.2, 0.25) is 5.91 Å². The van der Waals surface area contributed by atoms with Crippen LogP contribution in [0.15, 0.2) is 73.1 Å². The highest BCUT2D eigenvalue weighted by Crippen LogP contribution is 2.48. The first-order chi connectivity index (χ1) is 16.6. The van der Waals surface area contributed by atoms with E-state index in [4.69, 9.17) is 11.6 Å². The Morgan fingerprint density at radius 3 is 2.76 bits per heavy atom. The first-order valence-electron chi connectivity index (χ1n) is 11.8. The molecule has 2 atom stereocenters. The minimum absolute atomic E-state index is 0.000165. The third-order valence-electron chi connectivity index (χ3n) is 6.72. The van der Waals surface area contributed by atoms with Gasteiger partial charge < -0.3 is 10.6 Å². The Kier molecular flexibility index (Phi) is 5.42. The molecular formula is C28H25ClN4O. The predicted octanol–water partition coefficient (Wildman–Crippen LogP) is 6.51. The van der Waals surface area contributed by atoms with Crippen LogP contribution in [-0.4, -0.2) is 15.9 Å². The topological polar surface area (TPSA) is 66.9 Å². The van der Waals surface area contributed by atoms with Crippen molar-refractivity contribution in [1.29, 1.82) is 0 Å². The van der Waals surface area contributed by atoms with Crippen LogP contribution in [0.1, 0.15) is 47.8 Å². The molecule has 0 saturated heterocycles. The van der Waals surface area contributed by atoms with Gasteiger partial charge in [0.15, 0.2) is 0 Å². The summed E-state index contributed by atoms with van der Waals surface area (Å²) in [6.45, 7) is 0.646. The second-order valence-corrected chi connectivity index (χ2v) is 9.78. The smallest absolute Gasteiger partial charge is 0.229 e. The van der Waals surface area contributed by atoms with Crippen LogP contribution in [0, 0.1) is 5.92 Å². The number of fused-ring (bicyclic) bond motifs is 1. The largest absolute Gasteiger partial charge is 0.381 e. The van der Waals surface area contributed by atoms with E-state index >= 15 is 0 Å². The SMILES string of the molecule is O=C(Nc1cc(NCc2cnc3ccc(C4CC4)cc3c2)ccn1)[C@H]1C[C@@H]1c1cccc(Cl)c1. The number of nitrogens with zero attached hydrogens (tertiary/aromatic N) is 2. The molecule has 2 fully saturated rings. The van der Waals surface area contributed by atoms with Crippen molar-refractivity contribution in [2.24, 2.45) is 5.92 Å². The van der Waals surface area contributed by atoms with E-state index in [0.29, 0.717) is 17.4 Å².